The Labute approximate surface area is 183 Å². The van der Waals surface area contributed by atoms with Crippen molar-refractivity contribution in [2.75, 3.05) is 26.2 Å². The fourth-order valence-electron chi connectivity index (χ4n) is 3.45. The van der Waals surface area contributed by atoms with Crippen LogP contribution in [-0.2, 0) is 4.79 Å². The zero-order chi connectivity index (χ0) is 21.9. The number of hydrogen-bond acceptors (Lipinski definition) is 5. The largest absolute Gasteiger partial charge is 0.456 e. The van der Waals surface area contributed by atoms with E-state index in [0.717, 1.165) is 40.6 Å². The summed E-state index contributed by atoms with van der Waals surface area (Å²) in [5.41, 5.74) is 2.54. The summed E-state index contributed by atoms with van der Waals surface area (Å²) < 4.78 is 8.43. The molecule has 0 spiro atoms. The van der Waals surface area contributed by atoms with Gasteiger partial charge in [0.05, 0.1) is 16.5 Å². The molecule has 30 heavy (non-hydrogen) atoms. The SMILES string of the molecule is Cc1cc(C)cc(Oc2ccc(C#N)cc2SN2CCN(C(=O)C(C)(C)C)CC2)c1. The molecule has 1 saturated heterocycles. The molecule has 1 amide bonds. The first kappa shape index (κ1) is 22.2. The molecular weight excluding hydrogens is 394 g/mol. The molecule has 1 aliphatic rings. The Hall–Kier alpha value is -2.49. The number of rotatable bonds is 4. The van der Waals surface area contributed by atoms with Gasteiger partial charge in [-0.25, -0.2) is 4.31 Å². The molecule has 158 valence electrons. The van der Waals surface area contributed by atoms with Gasteiger partial charge in [0.25, 0.3) is 0 Å². The van der Waals surface area contributed by atoms with E-state index in [1.807, 2.05) is 63.8 Å². The molecule has 0 atom stereocenters. The maximum Gasteiger partial charge on any atom is 0.228 e. The van der Waals surface area contributed by atoms with E-state index >= 15 is 0 Å². The molecule has 1 aliphatic heterocycles. The van der Waals surface area contributed by atoms with E-state index in [9.17, 15) is 10.1 Å². The van der Waals surface area contributed by atoms with Crippen LogP contribution in [-0.4, -0.2) is 41.3 Å². The highest BCUT2D eigenvalue weighted by molar-refractivity contribution is 7.97. The van der Waals surface area contributed by atoms with E-state index in [4.69, 9.17) is 4.74 Å². The number of ether oxygens (including phenoxy) is 1. The van der Waals surface area contributed by atoms with Crippen molar-refractivity contribution < 1.29 is 9.53 Å². The number of benzene rings is 2. The van der Waals surface area contributed by atoms with Crippen molar-refractivity contribution >= 4 is 17.9 Å². The van der Waals surface area contributed by atoms with E-state index in [1.54, 1.807) is 18.0 Å². The third-order valence-corrected chi connectivity index (χ3v) is 6.03. The average Bonchev–Trinajstić information content (AvgIpc) is 2.68. The second-order valence-corrected chi connectivity index (χ2v) is 9.90. The summed E-state index contributed by atoms with van der Waals surface area (Å²) in [4.78, 5) is 15.4. The van der Waals surface area contributed by atoms with Gasteiger partial charge < -0.3 is 9.64 Å². The normalized spacial score (nSPS) is 15.0. The van der Waals surface area contributed by atoms with Gasteiger partial charge in [-0.1, -0.05) is 26.8 Å². The predicted molar refractivity (Wildman–Crippen MR) is 121 cm³/mol. The van der Waals surface area contributed by atoms with Gasteiger partial charge in [0.1, 0.15) is 11.5 Å². The summed E-state index contributed by atoms with van der Waals surface area (Å²) in [6.07, 6.45) is 0. The van der Waals surface area contributed by atoms with Crippen LogP contribution in [0.3, 0.4) is 0 Å². The number of hydrogen-bond donors (Lipinski definition) is 0. The number of carbonyl (C=O) groups excluding carboxylic acids is 1. The summed E-state index contributed by atoms with van der Waals surface area (Å²) in [6.45, 7) is 12.9. The van der Waals surface area contributed by atoms with Crippen LogP contribution in [0.5, 0.6) is 11.5 Å². The molecule has 2 aromatic carbocycles. The molecule has 0 N–H and O–H groups in total. The number of nitriles is 1. The number of aryl methyl sites for hydroxylation is 2. The van der Waals surface area contributed by atoms with E-state index < -0.39 is 0 Å². The van der Waals surface area contributed by atoms with Gasteiger partial charge in [-0.15, -0.1) is 0 Å². The topological polar surface area (TPSA) is 56.6 Å². The van der Waals surface area contributed by atoms with Crippen molar-refractivity contribution in [1.82, 2.24) is 9.21 Å². The molecule has 0 saturated carbocycles. The summed E-state index contributed by atoms with van der Waals surface area (Å²) in [5, 5.41) is 9.34. The van der Waals surface area contributed by atoms with Crippen molar-refractivity contribution in [1.29, 1.82) is 5.26 Å². The lowest BCUT2D eigenvalue weighted by atomic mass is 9.94. The minimum Gasteiger partial charge on any atom is -0.456 e. The third kappa shape index (κ3) is 5.56. The molecule has 0 unspecified atom stereocenters. The van der Waals surface area contributed by atoms with Gasteiger partial charge in [-0.05, 0) is 67.3 Å². The van der Waals surface area contributed by atoms with Crippen LogP contribution in [0.15, 0.2) is 41.3 Å². The molecular formula is C24H29N3O2S. The van der Waals surface area contributed by atoms with Gasteiger partial charge in [-0.2, -0.15) is 5.26 Å². The monoisotopic (exact) mass is 423 g/mol. The molecule has 0 aliphatic carbocycles. The van der Waals surface area contributed by atoms with Crippen molar-refractivity contribution in [3.05, 3.63) is 53.1 Å². The van der Waals surface area contributed by atoms with Gasteiger partial charge in [-0.3, -0.25) is 4.79 Å². The predicted octanol–water partition coefficient (Wildman–Crippen LogP) is 5.16. The quantitative estimate of drug-likeness (QED) is 0.636. The number of piperazine rings is 1. The molecule has 0 aromatic heterocycles. The Morgan fingerprint density at radius 1 is 1.03 bits per heavy atom. The Kier molecular flexibility index (Phi) is 6.74. The van der Waals surface area contributed by atoms with Crippen molar-refractivity contribution in [2.24, 2.45) is 5.41 Å². The molecule has 1 fully saturated rings. The van der Waals surface area contributed by atoms with E-state index in [1.165, 1.54) is 0 Å². The molecule has 5 nitrogen and oxygen atoms in total. The maximum absolute atomic E-state index is 12.5. The van der Waals surface area contributed by atoms with Gasteiger partial charge in [0.15, 0.2) is 0 Å². The van der Waals surface area contributed by atoms with E-state index in [0.29, 0.717) is 18.7 Å². The second kappa shape index (κ2) is 9.11. The first-order valence-electron chi connectivity index (χ1n) is 10.2. The maximum atomic E-state index is 12.5. The Morgan fingerprint density at radius 2 is 1.67 bits per heavy atom. The summed E-state index contributed by atoms with van der Waals surface area (Å²) in [5.74, 6) is 1.72. The van der Waals surface area contributed by atoms with Crippen LogP contribution in [0.4, 0.5) is 0 Å². The molecule has 1 heterocycles. The minimum absolute atomic E-state index is 0.192. The highest BCUT2D eigenvalue weighted by atomic mass is 32.2. The fourth-order valence-corrected chi connectivity index (χ4v) is 4.45. The smallest absolute Gasteiger partial charge is 0.228 e. The summed E-state index contributed by atoms with van der Waals surface area (Å²) in [7, 11) is 0. The minimum atomic E-state index is -0.358. The molecule has 2 aromatic rings. The standard InChI is InChI=1S/C24H29N3O2S/c1-17-12-18(2)14-20(13-17)29-21-7-6-19(16-25)15-22(21)30-27-10-8-26(9-11-27)23(28)24(3,4)5/h6-7,12-15H,8-11H2,1-5H3. The lowest BCUT2D eigenvalue weighted by molar-refractivity contribution is -0.140. The van der Waals surface area contributed by atoms with E-state index in [-0.39, 0.29) is 11.3 Å². The van der Waals surface area contributed by atoms with Gasteiger partial charge in [0.2, 0.25) is 5.91 Å². The molecule has 0 bridgehead atoms. The number of amides is 1. The van der Waals surface area contributed by atoms with Gasteiger partial charge >= 0.3 is 0 Å². The zero-order valence-electron chi connectivity index (χ0n) is 18.4. The molecule has 6 heteroatoms. The van der Waals surface area contributed by atoms with Crippen LogP contribution in [0.1, 0.15) is 37.5 Å². The highest BCUT2D eigenvalue weighted by Crippen LogP contribution is 2.36. The van der Waals surface area contributed by atoms with Crippen LogP contribution in [0.25, 0.3) is 0 Å². The first-order chi connectivity index (χ1) is 14.2. The van der Waals surface area contributed by atoms with Gasteiger partial charge in [0, 0.05) is 31.6 Å². The van der Waals surface area contributed by atoms with Crippen molar-refractivity contribution in [3.63, 3.8) is 0 Å². The molecule has 0 radical (unpaired) electrons. The molecule has 3 rings (SSSR count). The number of carbonyl (C=O) groups is 1. The third-order valence-electron chi connectivity index (χ3n) is 4.89. The average molecular weight is 424 g/mol. The Morgan fingerprint density at radius 3 is 2.23 bits per heavy atom. The zero-order valence-corrected chi connectivity index (χ0v) is 19.2. The second-order valence-electron chi connectivity index (χ2n) is 8.76. The highest BCUT2D eigenvalue weighted by Gasteiger charge is 2.30. The number of nitrogens with zero attached hydrogens (tertiary/aromatic N) is 3. The Bertz CT molecular complexity index is 947. The first-order valence-corrected chi connectivity index (χ1v) is 11.0. The lowest BCUT2D eigenvalue weighted by Gasteiger charge is -2.37. The van der Waals surface area contributed by atoms with Crippen LogP contribution in [0.2, 0.25) is 0 Å². The Balaban J connectivity index is 1.74. The lowest BCUT2D eigenvalue weighted by Crippen LogP contribution is -2.49. The van der Waals surface area contributed by atoms with Crippen LogP contribution in [0, 0.1) is 30.6 Å². The van der Waals surface area contributed by atoms with Crippen LogP contribution < -0.4 is 4.74 Å². The van der Waals surface area contributed by atoms with Crippen LogP contribution >= 0.6 is 11.9 Å². The van der Waals surface area contributed by atoms with E-state index in [2.05, 4.69) is 16.4 Å². The summed E-state index contributed by atoms with van der Waals surface area (Å²) >= 11 is 1.59. The fraction of sp³-hybridized carbons (Fsp3) is 0.417. The van der Waals surface area contributed by atoms with Crippen molar-refractivity contribution in [2.45, 2.75) is 39.5 Å². The van der Waals surface area contributed by atoms with Crippen molar-refractivity contribution in [3.8, 4) is 17.6 Å². The summed E-state index contributed by atoms with van der Waals surface area (Å²) in [6, 6.07) is 13.9.